The number of pyridine rings is 1. The lowest BCUT2D eigenvalue weighted by Crippen LogP contribution is -2.13. The fourth-order valence-electron chi connectivity index (χ4n) is 2.67. The second-order valence-electron chi connectivity index (χ2n) is 6.20. The predicted octanol–water partition coefficient (Wildman–Crippen LogP) is 4.43. The zero-order valence-corrected chi connectivity index (χ0v) is 16.2. The Morgan fingerprint density at radius 1 is 0.966 bits per heavy atom. The highest BCUT2D eigenvalue weighted by atomic mass is 16.5. The number of rotatable bonds is 7. The molecule has 3 rings (SSSR count). The average Bonchev–Trinajstić information content (AvgIpc) is 2.70. The molecule has 0 saturated heterocycles. The van der Waals surface area contributed by atoms with Crippen molar-refractivity contribution in [2.75, 3.05) is 22.6 Å². The van der Waals surface area contributed by atoms with Gasteiger partial charge in [-0.05, 0) is 49.4 Å². The highest BCUT2D eigenvalue weighted by molar-refractivity contribution is 6.05. The third-order valence-electron chi connectivity index (χ3n) is 3.92. The number of anilines is 4. The molecule has 0 bridgehead atoms. The minimum atomic E-state index is -0.274. The lowest BCUT2D eigenvalue weighted by molar-refractivity contribution is -0.114. The monoisotopic (exact) mass is 390 g/mol. The van der Waals surface area contributed by atoms with Gasteiger partial charge in [-0.1, -0.05) is 18.2 Å². The summed E-state index contributed by atoms with van der Waals surface area (Å²) in [7, 11) is 0. The van der Waals surface area contributed by atoms with Gasteiger partial charge in [0.2, 0.25) is 5.91 Å². The topological polar surface area (TPSA) is 92.4 Å². The van der Waals surface area contributed by atoms with E-state index in [1.165, 1.54) is 13.1 Å². The molecule has 1 aromatic heterocycles. The van der Waals surface area contributed by atoms with E-state index < -0.39 is 0 Å². The van der Waals surface area contributed by atoms with Crippen LogP contribution in [0.3, 0.4) is 0 Å². The van der Waals surface area contributed by atoms with Gasteiger partial charge in [0.1, 0.15) is 11.6 Å². The summed E-state index contributed by atoms with van der Waals surface area (Å²) >= 11 is 0. The molecule has 3 N–H and O–H groups in total. The zero-order valence-electron chi connectivity index (χ0n) is 16.2. The molecule has 7 nitrogen and oxygen atoms in total. The van der Waals surface area contributed by atoms with Crippen LogP contribution in [0.5, 0.6) is 5.75 Å². The Hall–Kier alpha value is -3.87. The Bertz CT molecular complexity index is 1000. The van der Waals surface area contributed by atoms with Gasteiger partial charge in [-0.15, -0.1) is 0 Å². The van der Waals surface area contributed by atoms with Gasteiger partial charge >= 0.3 is 0 Å². The van der Waals surface area contributed by atoms with E-state index in [1.807, 2.05) is 31.2 Å². The average molecular weight is 390 g/mol. The van der Waals surface area contributed by atoms with Gasteiger partial charge in [0.05, 0.1) is 17.9 Å². The highest BCUT2D eigenvalue weighted by Gasteiger charge is 2.10. The van der Waals surface area contributed by atoms with E-state index in [0.29, 0.717) is 35.1 Å². The number of carbonyl (C=O) groups is 2. The third-order valence-corrected chi connectivity index (χ3v) is 3.92. The number of hydrogen-bond acceptors (Lipinski definition) is 5. The Morgan fingerprint density at radius 3 is 2.48 bits per heavy atom. The van der Waals surface area contributed by atoms with E-state index in [-0.39, 0.29) is 11.8 Å². The number of carbonyl (C=O) groups excluding carboxylic acids is 2. The van der Waals surface area contributed by atoms with Crippen LogP contribution in [0, 0.1) is 0 Å². The summed E-state index contributed by atoms with van der Waals surface area (Å²) in [5.41, 5.74) is 2.49. The molecule has 3 aromatic rings. The van der Waals surface area contributed by atoms with Crippen LogP contribution >= 0.6 is 0 Å². The molecule has 148 valence electrons. The minimum Gasteiger partial charge on any atom is -0.492 e. The summed E-state index contributed by atoms with van der Waals surface area (Å²) in [6, 6.07) is 18.0. The minimum absolute atomic E-state index is 0.137. The van der Waals surface area contributed by atoms with E-state index in [1.54, 1.807) is 36.4 Å². The number of ether oxygens (including phenoxy) is 1. The molecular formula is C22H22N4O3. The van der Waals surface area contributed by atoms with Crippen LogP contribution in [0.1, 0.15) is 24.2 Å². The van der Waals surface area contributed by atoms with Crippen LogP contribution in [-0.4, -0.2) is 23.4 Å². The van der Waals surface area contributed by atoms with Crippen molar-refractivity contribution >= 4 is 34.7 Å². The van der Waals surface area contributed by atoms with Gasteiger partial charge in [-0.2, -0.15) is 0 Å². The van der Waals surface area contributed by atoms with E-state index >= 15 is 0 Å². The van der Waals surface area contributed by atoms with Crippen molar-refractivity contribution in [1.82, 2.24) is 4.98 Å². The molecule has 0 radical (unpaired) electrons. The smallest absolute Gasteiger partial charge is 0.257 e. The zero-order chi connectivity index (χ0) is 20.6. The summed E-state index contributed by atoms with van der Waals surface area (Å²) in [5.74, 6) is 0.787. The summed E-state index contributed by atoms with van der Waals surface area (Å²) in [4.78, 5) is 28.0. The van der Waals surface area contributed by atoms with Crippen LogP contribution in [0.25, 0.3) is 0 Å². The quantitative estimate of drug-likeness (QED) is 0.555. The van der Waals surface area contributed by atoms with Gasteiger partial charge in [0, 0.05) is 24.5 Å². The van der Waals surface area contributed by atoms with Crippen molar-refractivity contribution in [3.63, 3.8) is 0 Å². The van der Waals surface area contributed by atoms with Gasteiger partial charge in [-0.3, -0.25) is 9.59 Å². The largest absolute Gasteiger partial charge is 0.492 e. The number of hydrogen-bond donors (Lipinski definition) is 3. The van der Waals surface area contributed by atoms with Crippen molar-refractivity contribution in [3.8, 4) is 5.75 Å². The van der Waals surface area contributed by atoms with Crippen molar-refractivity contribution < 1.29 is 14.3 Å². The maximum absolute atomic E-state index is 12.5. The molecule has 0 aliphatic heterocycles. The standard InChI is InChI=1S/C22H22N4O3/c1-3-29-20-10-5-4-9-19(20)26-22(28)16-11-12-21(23-14-16)25-18-8-6-7-17(13-18)24-15(2)27/h4-14H,3H2,1-2H3,(H,23,25)(H,24,27)(H,26,28). The summed E-state index contributed by atoms with van der Waals surface area (Å²) < 4.78 is 5.53. The maximum atomic E-state index is 12.5. The fraction of sp³-hybridized carbons (Fsp3) is 0.136. The van der Waals surface area contributed by atoms with Crippen LogP contribution < -0.4 is 20.7 Å². The maximum Gasteiger partial charge on any atom is 0.257 e. The molecule has 0 aliphatic rings. The predicted molar refractivity (Wildman–Crippen MR) is 114 cm³/mol. The lowest BCUT2D eigenvalue weighted by atomic mass is 10.2. The Morgan fingerprint density at radius 2 is 1.76 bits per heavy atom. The normalized spacial score (nSPS) is 10.1. The highest BCUT2D eigenvalue weighted by Crippen LogP contribution is 2.24. The molecular weight excluding hydrogens is 368 g/mol. The second kappa shape index (κ2) is 9.36. The summed E-state index contributed by atoms with van der Waals surface area (Å²) in [5, 5.41) is 8.72. The van der Waals surface area contributed by atoms with Gasteiger partial charge < -0.3 is 20.7 Å². The van der Waals surface area contributed by atoms with Crippen LogP contribution in [0.4, 0.5) is 22.9 Å². The number of nitrogens with one attached hydrogen (secondary N) is 3. The molecule has 0 fully saturated rings. The van der Waals surface area contributed by atoms with Crippen molar-refractivity contribution in [1.29, 1.82) is 0 Å². The second-order valence-corrected chi connectivity index (χ2v) is 6.20. The Kier molecular flexibility index (Phi) is 6.42. The molecule has 1 heterocycles. The lowest BCUT2D eigenvalue weighted by Gasteiger charge is -2.11. The SMILES string of the molecule is CCOc1ccccc1NC(=O)c1ccc(Nc2cccc(NC(C)=O)c2)nc1. The van der Waals surface area contributed by atoms with Crippen molar-refractivity contribution in [2.24, 2.45) is 0 Å². The molecule has 0 atom stereocenters. The number of para-hydroxylation sites is 2. The number of amides is 2. The van der Waals surface area contributed by atoms with E-state index in [0.717, 1.165) is 5.69 Å². The van der Waals surface area contributed by atoms with Crippen LogP contribution in [0.2, 0.25) is 0 Å². The van der Waals surface area contributed by atoms with Gasteiger partial charge in [-0.25, -0.2) is 4.98 Å². The molecule has 0 aliphatic carbocycles. The first-order valence-electron chi connectivity index (χ1n) is 9.19. The van der Waals surface area contributed by atoms with Gasteiger partial charge in [0.25, 0.3) is 5.91 Å². The molecule has 0 unspecified atom stereocenters. The number of benzene rings is 2. The van der Waals surface area contributed by atoms with Crippen molar-refractivity contribution in [3.05, 3.63) is 72.4 Å². The molecule has 0 saturated carbocycles. The molecule has 29 heavy (non-hydrogen) atoms. The molecule has 2 amide bonds. The Balaban J connectivity index is 1.67. The fourth-order valence-corrected chi connectivity index (χ4v) is 2.67. The number of nitrogens with zero attached hydrogens (tertiary/aromatic N) is 1. The Labute approximate surface area is 169 Å². The van der Waals surface area contributed by atoms with Crippen LogP contribution in [-0.2, 0) is 4.79 Å². The number of aromatic nitrogens is 1. The van der Waals surface area contributed by atoms with E-state index in [9.17, 15) is 9.59 Å². The van der Waals surface area contributed by atoms with Crippen LogP contribution in [0.15, 0.2) is 66.9 Å². The van der Waals surface area contributed by atoms with Crippen molar-refractivity contribution in [2.45, 2.75) is 13.8 Å². The molecule has 0 spiro atoms. The van der Waals surface area contributed by atoms with Gasteiger partial charge in [0.15, 0.2) is 0 Å². The summed E-state index contributed by atoms with van der Waals surface area (Å²) in [6.07, 6.45) is 1.50. The van der Waals surface area contributed by atoms with E-state index in [4.69, 9.17) is 4.74 Å². The third kappa shape index (κ3) is 5.55. The molecule has 7 heteroatoms. The summed E-state index contributed by atoms with van der Waals surface area (Å²) in [6.45, 7) is 3.86. The molecule has 2 aromatic carbocycles. The van der Waals surface area contributed by atoms with E-state index in [2.05, 4.69) is 20.9 Å². The first-order valence-corrected chi connectivity index (χ1v) is 9.19. The first-order chi connectivity index (χ1) is 14.0. The first kappa shape index (κ1) is 19.9.